The van der Waals surface area contributed by atoms with Gasteiger partial charge in [-0.05, 0) is 38.7 Å². The van der Waals surface area contributed by atoms with E-state index in [2.05, 4.69) is 23.6 Å². The second-order valence-corrected chi connectivity index (χ2v) is 4.73. The highest BCUT2D eigenvalue weighted by Crippen LogP contribution is 2.41. The standard InChI is InChI=1S/C13H15FN2/c1-15(2)12-8-13(12)16-7-6-9-10(14)4-3-5-11(9)16/h3-7,12-13H,8H2,1-2H3/t12?,13-/m0/s1. The third-order valence-electron chi connectivity index (χ3n) is 3.45. The molecule has 1 heterocycles. The van der Waals surface area contributed by atoms with E-state index in [1.54, 1.807) is 6.07 Å². The molecule has 1 aromatic carbocycles. The van der Waals surface area contributed by atoms with Crippen LogP contribution in [0.25, 0.3) is 10.9 Å². The number of likely N-dealkylation sites (N-methyl/N-ethyl adjacent to an activating group) is 1. The van der Waals surface area contributed by atoms with E-state index in [4.69, 9.17) is 0 Å². The third-order valence-corrected chi connectivity index (χ3v) is 3.45. The highest BCUT2D eigenvalue weighted by molar-refractivity contribution is 5.81. The SMILES string of the molecule is CN(C)C1C[C@@H]1n1ccc2c(F)cccc21. The van der Waals surface area contributed by atoms with E-state index in [0.29, 0.717) is 12.1 Å². The largest absolute Gasteiger partial charge is 0.343 e. The maximum atomic E-state index is 13.5. The molecule has 0 radical (unpaired) electrons. The van der Waals surface area contributed by atoms with Gasteiger partial charge in [0.25, 0.3) is 0 Å². The van der Waals surface area contributed by atoms with E-state index >= 15 is 0 Å². The average molecular weight is 218 g/mol. The summed E-state index contributed by atoms with van der Waals surface area (Å²) < 4.78 is 15.7. The molecular formula is C13H15FN2. The van der Waals surface area contributed by atoms with Gasteiger partial charge >= 0.3 is 0 Å². The van der Waals surface area contributed by atoms with Crippen LogP contribution in [-0.4, -0.2) is 29.6 Å². The van der Waals surface area contributed by atoms with Crippen LogP contribution in [0, 0.1) is 5.82 Å². The molecule has 84 valence electrons. The Morgan fingerprint density at radius 1 is 1.31 bits per heavy atom. The molecule has 0 amide bonds. The van der Waals surface area contributed by atoms with E-state index in [9.17, 15) is 4.39 Å². The van der Waals surface area contributed by atoms with Gasteiger partial charge < -0.3 is 9.47 Å². The van der Waals surface area contributed by atoms with Crippen LogP contribution in [0.2, 0.25) is 0 Å². The Kier molecular flexibility index (Phi) is 2.04. The van der Waals surface area contributed by atoms with Gasteiger partial charge in [-0.3, -0.25) is 0 Å². The first kappa shape index (κ1) is 9.85. The van der Waals surface area contributed by atoms with E-state index < -0.39 is 0 Å². The van der Waals surface area contributed by atoms with Gasteiger partial charge in [-0.1, -0.05) is 6.07 Å². The first-order valence-electron chi connectivity index (χ1n) is 5.60. The molecule has 1 aromatic heterocycles. The van der Waals surface area contributed by atoms with E-state index in [-0.39, 0.29) is 5.82 Å². The number of hydrogen-bond acceptors (Lipinski definition) is 1. The van der Waals surface area contributed by atoms with Crippen LogP contribution in [0.4, 0.5) is 4.39 Å². The summed E-state index contributed by atoms with van der Waals surface area (Å²) in [5, 5.41) is 0.729. The molecule has 3 heteroatoms. The molecule has 1 aliphatic rings. The van der Waals surface area contributed by atoms with Crippen molar-refractivity contribution in [2.75, 3.05) is 14.1 Å². The lowest BCUT2D eigenvalue weighted by Gasteiger charge is -2.10. The summed E-state index contributed by atoms with van der Waals surface area (Å²) in [6, 6.07) is 8.26. The van der Waals surface area contributed by atoms with Crippen LogP contribution in [0.1, 0.15) is 12.5 Å². The maximum absolute atomic E-state index is 13.5. The molecule has 16 heavy (non-hydrogen) atoms. The fourth-order valence-corrected chi connectivity index (χ4v) is 2.46. The summed E-state index contributed by atoms with van der Waals surface area (Å²) in [6.45, 7) is 0. The summed E-state index contributed by atoms with van der Waals surface area (Å²) in [5.41, 5.74) is 1.01. The lowest BCUT2D eigenvalue weighted by atomic mass is 10.2. The zero-order valence-corrected chi connectivity index (χ0v) is 9.52. The zero-order valence-electron chi connectivity index (χ0n) is 9.52. The normalized spacial score (nSPS) is 24.2. The van der Waals surface area contributed by atoms with Gasteiger partial charge in [-0.15, -0.1) is 0 Å². The predicted octanol–water partition coefficient (Wildman–Crippen LogP) is 2.66. The zero-order chi connectivity index (χ0) is 11.3. The topological polar surface area (TPSA) is 8.17 Å². The quantitative estimate of drug-likeness (QED) is 0.752. The molecule has 2 aromatic rings. The molecule has 2 nitrogen and oxygen atoms in total. The molecule has 1 saturated carbocycles. The van der Waals surface area contributed by atoms with Crippen LogP contribution in [0.3, 0.4) is 0 Å². The van der Waals surface area contributed by atoms with Crippen molar-refractivity contribution in [1.29, 1.82) is 0 Å². The molecule has 1 unspecified atom stereocenters. The lowest BCUT2D eigenvalue weighted by Crippen LogP contribution is -2.17. The van der Waals surface area contributed by atoms with Gasteiger partial charge in [0, 0.05) is 17.6 Å². The Morgan fingerprint density at radius 2 is 2.12 bits per heavy atom. The van der Waals surface area contributed by atoms with Crippen molar-refractivity contribution in [3.05, 3.63) is 36.3 Å². The number of benzene rings is 1. The van der Waals surface area contributed by atoms with Gasteiger partial charge in [-0.25, -0.2) is 4.39 Å². The van der Waals surface area contributed by atoms with E-state index in [0.717, 1.165) is 17.3 Å². The maximum Gasteiger partial charge on any atom is 0.132 e. The fourth-order valence-electron chi connectivity index (χ4n) is 2.46. The molecule has 2 atom stereocenters. The molecule has 0 saturated heterocycles. The van der Waals surface area contributed by atoms with Crippen LogP contribution in [0.5, 0.6) is 0 Å². The molecule has 0 aliphatic heterocycles. The first-order valence-corrected chi connectivity index (χ1v) is 5.60. The monoisotopic (exact) mass is 218 g/mol. The van der Waals surface area contributed by atoms with Crippen LogP contribution >= 0.6 is 0 Å². The number of halogens is 1. The van der Waals surface area contributed by atoms with Crippen molar-refractivity contribution in [3.8, 4) is 0 Å². The highest BCUT2D eigenvalue weighted by atomic mass is 19.1. The van der Waals surface area contributed by atoms with E-state index in [1.807, 2.05) is 18.3 Å². The Balaban J connectivity index is 2.03. The van der Waals surface area contributed by atoms with Crippen molar-refractivity contribution in [2.45, 2.75) is 18.5 Å². The van der Waals surface area contributed by atoms with Gasteiger partial charge in [0.1, 0.15) is 5.82 Å². The van der Waals surface area contributed by atoms with Crippen molar-refractivity contribution in [1.82, 2.24) is 9.47 Å². The predicted molar refractivity (Wildman–Crippen MR) is 63.0 cm³/mol. The Morgan fingerprint density at radius 3 is 2.81 bits per heavy atom. The summed E-state index contributed by atoms with van der Waals surface area (Å²) in [6.07, 6.45) is 3.16. The Labute approximate surface area is 94.3 Å². The minimum atomic E-state index is -0.127. The highest BCUT2D eigenvalue weighted by Gasteiger charge is 2.40. The smallest absolute Gasteiger partial charge is 0.132 e. The van der Waals surface area contributed by atoms with Crippen LogP contribution < -0.4 is 0 Å². The van der Waals surface area contributed by atoms with Gasteiger partial charge in [0.2, 0.25) is 0 Å². The number of nitrogens with zero attached hydrogens (tertiary/aromatic N) is 2. The van der Waals surface area contributed by atoms with Crippen molar-refractivity contribution < 1.29 is 4.39 Å². The number of aromatic nitrogens is 1. The minimum Gasteiger partial charge on any atom is -0.343 e. The van der Waals surface area contributed by atoms with Crippen molar-refractivity contribution >= 4 is 10.9 Å². The Bertz CT molecular complexity index is 530. The fraction of sp³-hybridized carbons (Fsp3) is 0.385. The molecule has 0 bridgehead atoms. The molecule has 1 aliphatic carbocycles. The van der Waals surface area contributed by atoms with E-state index in [1.165, 1.54) is 6.07 Å². The summed E-state index contributed by atoms with van der Waals surface area (Å²) >= 11 is 0. The van der Waals surface area contributed by atoms with Gasteiger partial charge in [0.05, 0.1) is 11.6 Å². The summed E-state index contributed by atoms with van der Waals surface area (Å²) in [4.78, 5) is 2.23. The summed E-state index contributed by atoms with van der Waals surface area (Å²) in [5.74, 6) is -0.127. The second kappa shape index (κ2) is 3.32. The molecular weight excluding hydrogens is 203 g/mol. The number of rotatable bonds is 2. The molecule has 0 N–H and O–H groups in total. The molecule has 0 spiro atoms. The lowest BCUT2D eigenvalue weighted by molar-refractivity contribution is 0.377. The van der Waals surface area contributed by atoms with Crippen LogP contribution in [-0.2, 0) is 0 Å². The average Bonchev–Trinajstić information content (AvgIpc) is 2.93. The first-order chi connectivity index (χ1) is 7.68. The van der Waals surface area contributed by atoms with Crippen molar-refractivity contribution in [3.63, 3.8) is 0 Å². The molecule has 3 rings (SSSR count). The van der Waals surface area contributed by atoms with Gasteiger partial charge in [0.15, 0.2) is 0 Å². The van der Waals surface area contributed by atoms with Crippen molar-refractivity contribution in [2.24, 2.45) is 0 Å². The minimum absolute atomic E-state index is 0.127. The molecule has 1 fully saturated rings. The van der Waals surface area contributed by atoms with Crippen LogP contribution in [0.15, 0.2) is 30.5 Å². The second-order valence-electron chi connectivity index (χ2n) is 4.73. The third kappa shape index (κ3) is 1.35. The van der Waals surface area contributed by atoms with Gasteiger partial charge in [-0.2, -0.15) is 0 Å². The number of fused-ring (bicyclic) bond motifs is 1. The number of hydrogen-bond donors (Lipinski definition) is 0. The Hall–Kier alpha value is -1.35. The summed E-state index contributed by atoms with van der Waals surface area (Å²) in [7, 11) is 4.19.